The number of amides is 1. The maximum Gasteiger partial charge on any atom is 0.267 e. The van der Waals surface area contributed by atoms with Crippen molar-refractivity contribution in [3.8, 4) is 0 Å². The van der Waals surface area contributed by atoms with Gasteiger partial charge in [-0.05, 0) is 37.2 Å². The van der Waals surface area contributed by atoms with Gasteiger partial charge in [0.15, 0.2) is 5.17 Å². The minimum absolute atomic E-state index is 0.0477. The van der Waals surface area contributed by atoms with Gasteiger partial charge in [-0.15, -0.1) is 17.9 Å². The molecule has 2 heterocycles. The largest absolute Gasteiger partial charge is 0.282 e. The zero-order valence-corrected chi connectivity index (χ0v) is 15.2. The summed E-state index contributed by atoms with van der Waals surface area (Å²) in [4.78, 5) is 23.9. The fourth-order valence-corrected chi connectivity index (χ4v) is 3.98. The fraction of sp³-hybridized carbons (Fsp3) is 0.167. The van der Waals surface area contributed by atoms with Crippen LogP contribution in [0.3, 0.4) is 0 Å². The summed E-state index contributed by atoms with van der Waals surface area (Å²) in [6.07, 6.45) is 3.61. The van der Waals surface area contributed by atoms with Gasteiger partial charge in [-0.1, -0.05) is 35.9 Å². The van der Waals surface area contributed by atoms with Crippen molar-refractivity contribution < 1.29 is 4.79 Å². The Bertz CT molecular complexity index is 851. The summed E-state index contributed by atoms with van der Waals surface area (Å²) in [5.74, 6) is -0.0477. The molecule has 0 saturated carbocycles. The normalized spacial score (nSPS) is 17.9. The van der Waals surface area contributed by atoms with Gasteiger partial charge in [-0.25, -0.2) is 4.98 Å². The molecule has 1 amide bonds. The summed E-state index contributed by atoms with van der Waals surface area (Å²) in [7, 11) is 0. The molecule has 0 bridgehead atoms. The van der Waals surface area contributed by atoms with Crippen LogP contribution < -0.4 is 0 Å². The average molecular weight is 355 g/mol. The second kappa shape index (κ2) is 7.15. The minimum Gasteiger partial charge on any atom is -0.282 e. The maximum absolute atomic E-state index is 12.7. The van der Waals surface area contributed by atoms with Crippen LogP contribution in [-0.4, -0.2) is 27.5 Å². The summed E-state index contributed by atoms with van der Waals surface area (Å²) in [6, 6.07) is 8.07. The van der Waals surface area contributed by atoms with Crippen molar-refractivity contribution in [3.63, 3.8) is 0 Å². The molecule has 0 aliphatic carbocycles. The molecule has 3 rings (SSSR count). The molecular weight excluding hydrogens is 338 g/mol. The van der Waals surface area contributed by atoms with Gasteiger partial charge >= 0.3 is 0 Å². The highest BCUT2D eigenvalue weighted by Gasteiger charge is 2.32. The summed E-state index contributed by atoms with van der Waals surface area (Å²) >= 11 is 2.85. The first-order valence-corrected chi connectivity index (χ1v) is 9.16. The van der Waals surface area contributed by atoms with Gasteiger partial charge in [0.1, 0.15) is 0 Å². The monoisotopic (exact) mass is 355 g/mol. The first kappa shape index (κ1) is 16.7. The third-order valence-corrected chi connectivity index (χ3v) is 5.20. The quantitative estimate of drug-likeness (QED) is 0.597. The zero-order valence-electron chi connectivity index (χ0n) is 13.5. The first-order valence-electron chi connectivity index (χ1n) is 7.46. The molecule has 6 heteroatoms. The smallest absolute Gasteiger partial charge is 0.267 e. The molecule has 1 saturated heterocycles. The zero-order chi connectivity index (χ0) is 17.1. The molecule has 1 fully saturated rings. The van der Waals surface area contributed by atoms with Crippen LogP contribution in [0.5, 0.6) is 0 Å². The second-order valence-electron chi connectivity index (χ2n) is 5.40. The molecule has 1 aromatic carbocycles. The van der Waals surface area contributed by atoms with Crippen molar-refractivity contribution in [1.82, 2.24) is 9.88 Å². The number of aromatic nitrogens is 1. The number of hydrogen-bond donors (Lipinski definition) is 0. The summed E-state index contributed by atoms with van der Waals surface area (Å²) in [5.41, 5.74) is 3.10. The van der Waals surface area contributed by atoms with Crippen molar-refractivity contribution in [2.24, 2.45) is 4.99 Å². The molecule has 4 nitrogen and oxygen atoms in total. The average Bonchev–Trinajstić information content (AvgIpc) is 3.07. The Morgan fingerprint density at radius 1 is 1.38 bits per heavy atom. The van der Waals surface area contributed by atoms with E-state index in [-0.39, 0.29) is 5.91 Å². The highest BCUT2D eigenvalue weighted by atomic mass is 32.2. The summed E-state index contributed by atoms with van der Waals surface area (Å²) in [6.45, 7) is 8.13. The van der Waals surface area contributed by atoms with E-state index in [1.165, 1.54) is 23.1 Å². The van der Waals surface area contributed by atoms with E-state index in [1.807, 2.05) is 43.5 Å². The van der Waals surface area contributed by atoms with Crippen LogP contribution in [0.25, 0.3) is 6.08 Å². The molecular formula is C18H17N3OS2. The summed E-state index contributed by atoms with van der Waals surface area (Å²) < 4.78 is 0. The highest BCUT2D eigenvalue weighted by Crippen LogP contribution is 2.34. The number of carbonyl (C=O) groups is 1. The van der Waals surface area contributed by atoms with Crippen molar-refractivity contribution in [2.45, 2.75) is 13.8 Å². The molecule has 1 aliphatic heterocycles. The number of amidine groups is 1. The van der Waals surface area contributed by atoms with Gasteiger partial charge < -0.3 is 0 Å². The van der Waals surface area contributed by atoms with E-state index in [0.29, 0.717) is 21.7 Å². The Balaban J connectivity index is 1.95. The SMILES string of the molecule is C=CCN1C(=O)/C(=C/c2cccc(C)c2)S/C1=N/c1nc(C)cs1. The highest BCUT2D eigenvalue weighted by molar-refractivity contribution is 8.18. The Morgan fingerprint density at radius 2 is 2.21 bits per heavy atom. The van der Waals surface area contributed by atoms with Crippen LogP contribution in [-0.2, 0) is 4.79 Å². The van der Waals surface area contributed by atoms with E-state index in [0.717, 1.165) is 16.8 Å². The second-order valence-corrected chi connectivity index (χ2v) is 7.24. The van der Waals surface area contributed by atoms with Gasteiger partial charge in [0.2, 0.25) is 5.13 Å². The number of rotatable bonds is 4. The fourth-order valence-electron chi connectivity index (χ4n) is 2.27. The van der Waals surface area contributed by atoms with Crippen LogP contribution in [0, 0.1) is 13.8 Å². The van der Waals surface area contributed by atoms with Crippen molar-refractivity contribution >= 4 is 45.4 Å². The molecule has 1 aliphatic rings. The first-order chi connectivity index (χ1) is 11.6. The van der Waals surface area contributed by atoms with E-state index >= 15 is 0 Å². The van der Waals surface area contributed by atoms with Crippen LogP contribution in [0.1, 0.15) is 16.8 Å². The van der Waals surface area contributed by atoms with E-state index in [9.17, 15) is 4.79 Å². The van der Waals surface area contributed by atoms with Crippen LogP contribution >= 0.6 is 23.1 Å². The number of aliphatic imine (C=N–C) groups is 1. The van der Waals surface area contributed by atoms with Crippen LogP contribution in [0.2, 0.25) is 0 Å². The lowest BCUT2D eigenvalue weighted by molar-refractivity contribution is -0.121. The van der Waals surface area contributed by atoms with Crippen LogP contribution in [0.15, 0.2) is 52.2 Å². The van der Waals surface area contributed by atoms with Gasteiger partial charge in [0, 0.05) is 11.9 Å². The molecule has 0 unspecified atom stereocenters. The molecule has 24 heavy (non-hydrogen) atoms. The lowest BCUT2D eigenvalue weighted by Crippen LogP contribution is -2.29. The number of benzene rings is 1. The molecule has 122 valence electrons. The lowest BCUT2D eigenvalue weighted by atomic mass is 10.1. The molecule has 0 radical (unpaired) electrons. The van der Waals surface area contributed by atoms with E-state index in [2.05, 4.69) is 22.6 Å². The van der Waals surface area contributed by atoms with Crippen molar-refractivity contribution in [1.29, 1.82) is 0 Å². The number of thioether (sulfide) groups is 1. The number of carbonyl (C=O) groups excluding carboxylic acids is 1. The third kappa shape index (κ3) is 3.66. The molecule has 0 atom stereocenters. The van der Waals surface area contributed by atoms with Crippen molar-refractivity contribution in [2.75, 3.05) is 6.54 Å². The standard InChI is InChI=1S/C18H17N3OS2/c1-4-8-21-16(22)15(10-14-7-5-6-12(2)9-14)24-18(21)20-17-19-13(3)11-23-17/h4-7,9-11H,1,8H2,2-3H3/b15-10-,20-18+. The Kier molecular flexibility index (Phi) is 4.97. The molecule has 2 aromatic rings. The number of aryl methyl sites for hydroxylation is 2. The number of thiazole rings is 1. The minimum atomic E-state index is -0.0477. The topological polar surface area (TPSA) is 45.6 Å². The predicted molar refractivity (Wildman–Crippen MR) is 103 cm³/mol. The van der Waals surface area contributed by atoms with E-state index < -0.39 is 0 Å². The predicted octanol–water partition coefficient (Wildman–Crippen LogP) is 4.55. The molecule has 0 N–H and O–H groups in total. The van der Waals surface area contributed by atoms with Gasteiger partial charge in [0.25, 0.3) is 5.91 Å². The van der Waals surface area contributed by atoms with Crippen molar-refractivity contribution in [3.05, 3.63) is 64.0 Å². The number of nitrogens with zero attached hydrogens (tertiary/aromatic N) is 3. The van der Waals surface area contributed by atoms with E-state index in [1.54, 1.807) is 11.0 Å². The lowest BCUT2D eigenvalue weighted by Gasteiger charge is -2.11. The summed E-state index contributed by atoms with van der Waals surface area (Å²) in [5, 5.41) is 3.25. The van der Waals surface area contributed by atoms with Crippen LogP contribution in [0.4, 0.5) is 5.13 Å². The number of hydrogen-bond acceptors (Lipinski definition) is 5. The molecule has 0 spiro atoms. The van der Waals surface area contributed by atoms with Gasteiger partial charge in [0.05, 0.1) is 10.6 Å². The third-order valence-electron chi connectivity index (χ3n) is 3.34. The Hall–Kier alpha value is -2.18. The Morgan fingerprint density at radius 3 is 2.88 bits per heavy atom. The van der Waals surface area contributed by atoms with Gasteiger partial charge in [-0.3, -0.25) is 9.69 Å². The Labute approximate surface area is 149 Å². The maximum atomic E-state index is 12.7. The molecule has 1 aromatic heterocycles. The van der Waals surface area contributed by atoms with E-state index in [4.69, 9.17) is 0 Å². The van der Waals surface area contributed by atoms with Gasteiger partial charge in [-0.2, -0.15) is 4.99 Å².